The van der Waals surface area contributed by atoms with Crippen molar-refractivity contribution >= 4 is 24.0 Å². The molecule has 2 aromatic carbocycles. The van der Waals surface area contributed by atoms with E-state index in [1.807, 2.05) is 45.0 Å². The first kappa shape index (κ1) is 32.8. The molecule has 0 aliphatic heterocycles. The Morgan fingerprint density at radius 1 is 0.953 bits per heavy atom. The van der Waals surface area contributed by atoms with Crippen molar-refractivity contribution in [3.63, 3.8) is 0 Å². The summed E-state index contributed by atoms with van der Waals surface area (Å²) in [7, 11) is 0. The summed E-state index contributed by atoms with van der Waals surface area (Å²) < 4.78 is 11.1. The number of hydrogen-bond donors (Lipinski definition) is 3. The monoisotopic (exact) mass is 590 g/mol. The van der Waals surface area contributed by atoms with Gasteiger partial charge in [0.2, 0.25) is 0 Å². The first-order chi connectivity index (χ1) is 20.1. The topological polar surface area (TPSA) is 152 Å². The van der Waals surface area contributed by atoms with E-state index >= 15 is 0 Å². The lowest BCUT2D eigenvalue weighted by Gasteiger charge is -2.23. The van der Waals surface area contributed by atoms with Crippen LogP contribution in [-0.4, -0.2) is 44.8 Å². The Kier molecular flexibility index (Phi) is 10.3. The average Bonchev–Trinajstić information content (AvgIpc) is 2.89. The number of aryl methyl sites for hydroxylation is 2. The van der Waals surface area contributed by atoms with Gasteiger partial charge in [-0.3, -0.25) is 4.98 Å². The molecule has 43 heavy (non-hydrogen) atoms. The van der Waals surface area contributed by atoms with Gasteiger partial charge < -0.3 is 25.0 Å². The smallest absolute Gasteiger partial charge is 0.407 e. The van der Waals surface area contributed by atoms with Crippen LogP contribution in [0.4, 0.5) is 4.79 Å². The molecule has 3 N–H and O–H groups in total. The predicted molar refractivity (Wildman–Crippen MR) is 160 cm³/mol. The quantitative estimate of drug-likeness (QED) is 0.230. The van der Waals surface area contributed by atoms with E-state index in [-0.39, 0.29) is 34.7 Å². The minimum Gasteiger partial charge on any atom is -0.478 e. The van der Waals surface area contributed by atoms with E-state index in [9.17, 15) is 29.4 Å². The highest BCUT2D eigenvalue weighted by molar-refractivity contribution is 6.00. The number of carbonyl (C=O) groups excluding carboxylic acids is 2. The molecular weight excluding hydrogens is 552 g/mol. The number of nitrogens with zero attached hydrogens (tertiary/aromatic N) is 1. The van der Waals surface area contributed by atoms with E-state index in [0.717, 1.165) is 11.6 Å². The van der Waals surface area contributed by atoms with E-state index in [4.69, 9.17) is 14.5 Å². The summed E-state index contributed by atoms with van der Waals surface area (Å²) in [5.74, 6) is -3.14. The average molecular weight is 591 g/mol. The normalized spacial score (nSPS) is 11.3. The number of rotatable bonds is 10. The zero-order valence-electron chi connectivity index (χ0n) is 25.5. The molecular formula is C33H38N2O8. The lowest BCUT2D eigenvalue weighted by molar-refractivity contribution is 0.0464. The second-order valence-electron chi connectivity index (χ2n) is 11.8. The number of amides is 1. The molecule has 0 atom stereocenters. The third-order valence-electron chi connectivity index (χ3n) is 6.46. The predicted octanol–water partition coefficient (Wildman–Crippen LogP) is 6.34. The van der Waals surface area contributed by atoms with E-state index in [2.05, 4.69) is 5.32 Å². The molecule has 1 heterocycles. The van der Waals surface area contributed by atoms with Crippen LogP contribution in [-0.2, 0) is 29.0 Å². The van der Waals surface area contributed by atoms with Crippen LogP contribution in [0.15, 0.2) is 42.5 Å². The summed E-state index contributed by atoms with van der Waals surface area (Å²) >= 11 is 0. The maximum atomic E-state index is 13.8. The Bertz CT molecular complexity index is 1540. The van der Waals surface area contributed by atoms with Gasteiger partial charge in [0.25, 0.3) is 0 Å². The summed E-state index contributed by atoms with van der Waals surface area (Å²) in [6, 6.07) is 11.2. The van der Waals surface area contributed by atoms with Crippen molar-refractivity contribution in [1.82, 2.24) is 10.3 Å². The number of nitrogens with one attached hydrogen (secondary N) is 1. The van der Waals surface area contributed by atoms with Crippen LogP contribution < -0.4 is 5.32 Å². The molecule has 228 valence electrons. The fourth-order valence-corrected chi connectivity index (χ4v) is 4.56. The molecule has 1 amide bonds. The minimum atomic E-state index is -1.35. The molecule has 1 aromatic heterocycles. The van der Waals surface area contributed by atoms with Gasteiger partial charge in [-0.1, -0.05) is 49.7 Å². The summed E-state index contributed by atoms with van der Waals surface area (Å²) in [4.78, 5) is 54.3. The highest BCUT2D eigenvalue weighted by atomic mass is 16.6. The van der Waals surface area contributed by atoms with E-state index < -0.39 is 36.2 Å². The van der Waals surface area contributed by atoms with E-state index in [1.54, 1.807) is 27.7 Å². The number of carboxylic acid groups (broad SMARTS) is 2. The molecule has 0 fully saturated rings. The van der Waals surface area contributed by atoms with Gasteiger partial charge in [0.1, 0.15) is 12.2 Å². The van der Waals surface area contributed by atoms with Gasteiger partial charge in [-0.05, 0) is 64.7 Å². The highest BCUT2D eigenvalue weighted by Crippen LogP contribution is 2.34. The summed E-state index contributed by atoms with van der Waals surface area (Å²) in [6.07, 6.45) is -0.0355. The number of alkyl carbamates (subject to hydrolysis) is 1. The fourth-order valence-electron chi connectivity index (χ4n) is 4.56. The number of carbonyl (C=O) groups is 4. The Balaban J connectivity index is 2.12. The Hall–Kier alpha value is -4.73. The van der Waals surface area contributed by atoms with Gasteiger partial charge in [0.05, 0.1) is 22.4 Å². The molecule has 0 saturated carbocycles. The fraction of sp³-hybridized carbons (Fsp3) is 0.364. The number of hydrogen-bond acceptors (Lipinski definition) is 7. The van der Waals surface area contributed by atoms with Gasteiger partial charge in [-0.15, -0.1) is 0 Å². The number of aromatic nitrogens is 1. The van der Waals surface area contributed by atoms with Crippen molar-refractivity contribution in [1.29, 1.82) is 0 Å². The van der Waals surface area contributed by atoms with Crippen molar-refractivity contribution in [2.75, 3.05) is 0 Å². The molecule has 3 aromatic rings. The third-order valence-corrected chi connectivity index (χ3v) is 6.46. The SMILES string of the molecule is Cc1ccc(-c2c(CNC(=O)OC(C)(C)C)c(CC(C)C)nc(C)c2C(=O)OCc2ccc(C(=O)O)cc2C(=O)O)cc1. The lowest BCUT2D eigenvalue weighted by atomic mass is 9.89. The molecule has 0 aliphatic carbocycles. The number of ether oxygens (including phenoxy) is 2. The first-order valence-electron chi connectivity index (χ1n) is 13.9. The molecule has 0 unspecified atom stereocenters. The minimum absolute atomic E-state index is 0.0353. The van der Waals surface area contributed by atoms with Crippen LogP contribution in [0.5, 0.6) is 0 Å². The number of pyridine rings is 1. The Morgan fingerprint density at radius 3 is 2.16 bits per heavy atom. The number of esters is 1. The van der Waals surface area contributed by atoms with Gasteiger partial charge in [0, 0.05) is 28.9 Å². The molecule has 0 aliphatic rings. The zero-order chi connectivity index (χ0) is 32.1. The van der Waals surface area contributed by atoms with Crippen LogP contribution in [0.3, 0.4) is 0 Å². The van der Waals surface area contributed by atoms with Crippen molar-refractivity contribution < 1.29 is 38.9 Å². The van der Waals surface area contributed by atoms with Crippen molar-refractivity contribution in [3.05, 3.63) is 87.2 Å². The third kappa shape index (κ3) is 8.64. The van der Waals surface area contributed by atoms with Crippen LogP contribution in [0.25, 0.3) is 11.1 Å². The number of benzene rings is 2. The molecule has 0 bridgehead atoms. The Morgan fingerprint density at radius 2 is 1.60 bits per heavy atom. The zero-order valence-corrected chi connectivity index (χ0v) is 25.5. The van der Waals surface area contributed by atoms with Crippen molar-refractivity contribution in [2.24, 2.45) is 5.92 Å². The molecule has 0 saturated heterocycles. The standard InChI is InChI=1S/C33H38N2O8/c1-18(2)14-26-25(16-34-32(41)43-33(5,6)7)28(21-10-8-19(3)9-11-21)27(20(4)35-26)31(40)42-17-23-13-12-22(29(36)37)15-24(23)30(38)39/h8-13,15,18H,14,16-17H2,1-7H3,(H,34,41)(H,36,37)(H,38,39). The lowest BCUT2D eigenvalue weighted by Crippen LogP contribution is -2.33. The van der Waals surface area contributed by atoms with Crippen LogP contribution in [0, 0.1) is 19.8 Å². The van der Waals surface area contributed by atoms with Crippen molar-refractivity contribution in [2.45, 2.75) is 73.6 Å². The van der Waals surface area contributed by atoms with Gasteiger partial charge >= 0.3 is 24.0 Å². The summed E-state index contributed by atoms with van der Waals surface area (Å²) in [5, 5.41) is 21.7. The van der Waals surface area contributed by atoms with Crippen molar-refractivity contribution in [3.8, 4) is 11.1 Å². The van der Waals surface area contributed by atoms with Crippen LogP contribution >= 0.6 is 0 Å². The molecule has 0 radical (unpaired) electrons. The second kappa shape index (κ2) is 13.5. The maximum Gasteiger partial charge on any atom is 0.407 e. The van der Waals surface area contributed by atoms with Gasteiger partial charge in [-0.25, -0.2) is 19.2 Å². The molecule has 0 spiro atoms. The number of aromatic carboxylic acids is 2. The van der Waals surface area contributed by atoms with Crippen LogP contribution in [0.2, 0.25) is 0 Å². The largest absolute Gasteiger partial charge is 0.478 e. The maximum absolute atomic E-state index is 13.8. The molecule has 10 heteroatoms. The number of carboxylic acids is 2. The summed E-state index contributed by atoms with van der Waals surface area (Å²) in [6.45, 7) is 12.7. The van der Waals surface area contributed by atoms with E-state index in [1.165, 1.54) is 12.1 Å². The Labute approximate surface area is 251 Å². The van der Waals surface area contributed by atoms with Gasteiger partial charge in [-0.2, -0.15) is 0 Å². The first-order valence-corrected chi connectivity index (χ1v) is 13.9. The summed E-state index contributed by atoms with van der Waals surface area (Å²) in [5.41, 5.74) is 3.17. The van der Waals surface area contributed by atoms with Crippen LogP contribution in [0.1, 0.15) is 93.8 Å². The van der Waals surface area contributed by atoms with E-state index in [0.29, 0.717) is 34.5 Å². The second-order valence-corrected chi connectivity index (χ2v) is 11.8. The van der Waals surface area contributed by atoms with Gasteiger partial charge in [0.15, 0.2) is 0 Å². The molecule has 10 nitrogen and oxygen atoms in total. The molecule has 3 rings (SSSR count). The highest BCUT2D eigenvalue weighted by Gasteiger charge is 2.27.